The molecule has 0 bridgehead atoms. The van der Waals surface area contributed by atoms with Gasteiger partial charge in [0.25, 0.3) is 5.88 Å². The summed E-state index contributed by atoms with van der Waals surface area (Å²) < 4.78 is 11.6. The second-order valence-electron chi connectivity index (χ2n) is 8.67. The molecule has 0 aliphatic heterocycles. The van der Waals surface area contributed by atoms with Crippen molar-refractivity contribution in [3.05, 3.63) is 59.4 Å². The van der Waals surface area contributed by atoms with Gasteiger partial charge in [0.05, 0.1) is 5.54 Å². The Morgan fingerprint density at radius 1 is 1.21 bits per heavy atom. The number of hydrogen-bond donors (Lipinski definition) is 1. The molecule has 5 atom stereocenters. The first-order chi connectivity index (χ1) is 13.7. The number of hydrogen-bond acceptors (Lipinski definition) is 6. The fraction of sp³-hybridized carbons (Fsp3) is 0.478. The minimum atomic E-state index is -1.56. The van der Waals surface area contributed by atoms with E-state index in [1.165, 1.54) is 0 Å². The molecule has 0 radical (unpaired) electrons. The molecule has 1 aromatic carbocycles. The summed E-state index contributed by atoms with van der Waals surface area (Å²) in [4.78, 5) is 15.6. The molecule has 29 heavy (non-hydrogen) atoms. The summed E-state index contributed by atoms with van der Waals surface area (Å²) in [5.74, 6) is -0.424. The molecule has 0 unspecified atom stereocenters. The maximum absolute atomic E-state index is 13.6. The van der Waals surface area contributed by atoms with E-state index in [0.29, 0.717) is 5.76 Å². The lowest BCUT2D eigenvalue weighted by Crippen LogP contribution is -2.65. The highest BCUT2D eigenvalue weighted by Crippen LogP contribution is 2.55. The molecule has 2 aliphatic rings. The van der Waals surface area contributed by atoms with Crippen LogP contribution in [0.1, 0.15) is 42.5 Å². The molecular weight excluding hydrogens is 368 g/mol. The molecule has 1 heterocycles. The minimum absolute atomic E-state index is 0.0710. The van der Waals surface area contributed by atoms with E-state index in [1.54, 1.807) is 0 Å². The van der Waals surface area contributed by atoms with Crippen molar-refractivity contribution in [2.45, 2.75) is 38.5 Å². The molecule has 0 saturated heterocycles. The van der Waals surface area contributed by atoms with Gasteiger partial charge in [0, 0.05) is 5.92 Å². The maximum atomic E-state index is 13.6. The number of Topliss-reactive ketones (excluding diaryl/α,β-unsaturated/α-hetero) is 1. The second-order valence-corrected chi connectivity index (χ2v) is 8.67. The number of ether oxygens (including phenoxy) is 1. The van der Waals surface area contributed by atoms with Crippen molar-refractivity contribution in [1.29, 1.82) is 0 Å². The molecule has 1 N–H and O–H groups in total. The highest BCUT2D eigenvalue weighted by molar-refractivity contribution is 6.07. The van der Waals surface area contributed by atoms with Crippen LogP contribution >= 0.6 is 0 Å². The number of fused-ring (bicyclic) bond motifs is 2. The molecule has 4 rings (SSSR count). The number of benzene rings is 1. The van der Waals surface area contributed by atoms with Crippen LogP contribution in [-0.2, 0) is 12.1 Å². The number of carbonyl (C=O) groups excluding carboxylic acids is 1. The third-order valence-electron chi connectivity index (χ3n) is 7.03. The fourth-order valence-corrected chi connectivity index (χ4v) is 4.72. The van der Waals surface area contributed by atoms with Crippen LogP contribution in [0.25, 0.3) is 0 Å². The van der Waals surface area contributed by atoms with E-state index >= 15 is 0 Å². The van der Waals surface area contributed by atoms with Crippen LogP contribution in [0.4, 0.5) is 0 Å². The van der Waals surface area contributed by atoms with Crippen molar-refractivity contribution in [2.24, 2.45) is 17.8 Å². The van der Waals surface area contributed by atoms with Gasteiger partial charge in [-0.25, -0.2) is 0 Å². The average molecular weight is 396 g/mol. The van der Waals surface area contributed by atoms with Gasteiger partial charge >= 0.3 is 0 Å². The van der Waals surface area contributed by atoms with Crippen LogP contribution in [0.2, 0.25) is 0 Å². The zero-order valence-corrected chi connectivity index (χ0v) is 17.5. The largest absolute Gasteiger partial charge is 0.470 e. The van der Waals surface area contributed by atoms with Gasteiger partial charge in [-0.2, -0.15) is 0 Å². The van der Waals surface area contributed by atoms with Crippen molar-refractivity contribution >= 4 is 5.78 Å². The first kappa shape index (κ1) is 19.9. The number of carbonyl (C=O) groups is 1. The van der Waals surface area contributed by atoms with Crippen LogP contribution in [0.5, 0.6) is 5.88 Å². The van der Waals surface area contributed by atoms with E-state index in [1.807, 2.05) is 76.2 Å². The summed E-state index contributed by atoms with van der Waals surface area (Å²) in [7, 11) is 3.84. The average Bonchev–Trinajstić information content (AvgIpc) is 3.14. The van der Waals surface area contributed by atoms with Crippen LogP contribution in [-0.4, -0.2) is 40.6 Å². The Labute approximate surface area is 171 Å². The smallest absolute Gasteiger partial charge is 0.265 e. The lowest BCUT2D eigenvalue weighted by atomic mass is 9.55. The summed E-state index contributed by atoms with van der Waals surface area (Å²) in [5.41, 5.74) is -1.09. The Hall–Kier alpha value is -2.44. The Morgan fingerprint density at radius 2 is 1.90 bits per heavy atom. The Kier molecular flexibility index (Phi) is 4.67. The highest BCUT2D eigenvalue weighted by Gasteiger charge is 2.65. The summed E-state index contributed by atoms with van der Waals surface area (Å²) >= 11 is 0. The summed E-state index contributed by atoms with van der Waals surface area (Å²) in [6, 6.07) is 9.67. The fourth-order valence-electron chi connectivity index (χ4n) is 4.72. The predicted octanol–water partition coefficient (Wildman–Crippen LogP) is 3.42. The molecule has 6 nitrogen and oxygen atoms in total. The monoisotopic (exact) mass is 396 g/mol. The van der Waals surface area contributed by atoms with Gasteiger partial charge in [0.2, 0.25) is 5.78 Å². The Morgan fingerprint density at radius 3 is 2.55 bits per heavy atom. The number of allylic oxidation sites excluding steroid dienone is 1. The normalized spacial score (nSPS) is 33.5. The van der Waals surface area contributed by atoms with Crippen LogP contribution in [0.15, 0.2) is 47.0 Å². The molecule has 0 spiro atoms. The van der Waals surface area contributed by atoms with E-state index < -0.39 is 17.1 Å². The van der Waals surface area contributed by atoms with E-state index in [9.17, 15) is 9.90 Å². The van der Waals surface area contributed by atoms with Crippen molar-refractivity contribution < 1.29 is 19.2 Å². The van der Waals surface area contributed by atoms with Crippen LogP contribution in [0.3, 0.4) is 0 Å². The first-order valence-corrected chi connectivity index (χ1v) is 10.0. The molecule has 0 amide bonds. The Bertz CT molecular complexity index is 951. The molecule has 2 aromatic rings. The SMILES string of the molecule is C[C@@H]1C=C[C@@H]2[C@@](O)(C(=O)c3c(OCc4ccccc4)noc3[C@@]2(C)N(C)C)[C@@H]1C. The van der Waals surface area contributed by atoms with Gasteiger partial charge in [0.15, 0.2) is 5.76 Å². The van der Waals surface area contributed by atoms with Crippen molar-refractivity contribution in [2.75, 3.05) is 14.1 Å². The third kappa shape index (κ3) is 2.69. The van der Waals surface area contributed by atoms with Gasteiger partial charge < -0.3 is 14.4 Å². The van der Waals surface area contributed by atoms with Crippen LogP contribution in [0, 0.1) is 17.8 Å². The van der Waals surface area contributed by atoms with Crippen LogP contribution < -0.4 is 4.74 Å². The maximum Gasteiger partial charge on any atom is 0.265 e. The van der Waals surface area contributed by atoms with Gasteiger partial charge in [-0.05, 0) is 43.6 Å². The van der Waals surface area contributed by atoms with Gasteiger partial charge in [-0.15, -0.1) is 0 Å². The quantitative estimate of drug-likeness (QED) is 0.798. The van der Waals surface area contributed by atoms with E-state index in [2.05, 4.69) is 11.2 Å². The molecule has 6 heteroatoms. The molecule has 2 aliphatic carbocycles. The first-order valence-electron chi connectivity index (χ1n) is 10.0. The van der Waals surface area contributed by atoms with Gasteiger partial charge in [0.1, 0.15) is 17.8 Å². The molecular formula is C23H28N2O4. The lowest BCUT2D eigenvalue weighted by Gasteiger charge is -2.54. The topological polar surface area (TPSA) is 75.8 Å². The number of aromatic nitrogens is 1. The molecule has 1 aromatic heterocycles. The number of ketones is 1. The molecule has 154 valence electrons. The molecule has 0 saturated carbocycles. The highest BCUT2D eigenvalue weighted by atomic mass is 16.5. The molecule has 0 fully saturated rings. The van der Waals surface area contributed by atoms with Gasteiger partial charge in [-0.1, -0.05) is 56.3 Å². The third-order valence-corrected chi connectivity index (χ3v) is 7.03. The van der Waals surface area contributed by atoms with E-state index in [-0.39, 0.29) is 35.7 Å². The van der Waals surface area contributed by atoms with Crippen molar-refractivity contribution in [3.63, 3.8) is 0 Å². The predicted molar refractivity (Wildman–Crippen MR) is 109 cm³/mol. The van der Waals surface area contributed by atoms with Crippen molar-refractivity contribution in [3.8, 4) is 5.88 Å². The number of rotatable bonds is 4. The zero-order chi connectivity index (χ0) is 21.0. The van der Waals surface area contributed by atoms with E-state index in [4.69, 9.17) is 9.26 Å². The summed E-state index contributed by atoms with van der Waals surface area (Å²) in [6.07, 6.45) is 4.03. The van der Waals surface area contributed by atoms with Crippen molar-refractivity contribution in [1.82, 2.24) is 10.1 Å². The summed E-state index contributed by atoms with van der Waals surface area (Å²) in [6.45, 7) is 6.19. The minimum Gasteiger partial charge on any atom is -0.470 e. The Balaban J connectivity index is 1.82. The second kappa shape index (κ2) is 6.82. The number of aliphatic hydroxyl groups is 1. The van der Waals surface area contributed by atoms with E-state index in [0.717, 1.165) is 5.56 Å². The zero-order valence-electron chi connectivity index (χ0n) is 17.5. The standard InChI is InChI=1S/C23H28N2O4/c1-14-11-12-17-22(3,25(4)5)20-18(19(26)23(17,27)15(14)2)21(24-29-20)28-13-16-9-7-6-8-10-16/h6-12,14-15,17,27H,13H2,1-5H3/t14-,15-,17+,22+,23-/m1/s1. The summed E-state index contributed by atoms with van der Waals surface area (Å²) in [5, 5.41) is 15.9. The lowest BCUT2D eigenvalue weighted by molar-refractivity contribution is -0.0972. The van der Waals surface area contributed by atoms with Gasteiger partial charge in [-0.3, -0.25) is 9.69 Å². The number of nitrogens with zero attached hydrogens (tertiary/aromatic N) is 2.